The molecule has 3 aromatic heterocycles. The van der Waals surface area contributed by atoms with Crippen LogP contribution in [0, 0.1) is 6.92 Å². The van der Waals surface area contributed by atoms with E-state index >= 15 is 0 Å². The number of aromatic nitrogens is 3. The van der Waals surface area contributed by atoms with E-state index in [2.05, 4.69) is 25.5 Å². The number of hydrogen-bond acceptors (Lipinski definition) is 4. The van der Waals surface area contributed by atoms with E-state index in [0.29, 0.717) is 16.7 Å². The van der Waals surface area contributed by atoms with Crippen molar-refractivity contribution in [1.82, 2.24) is 24.8 Å². The van der Waals surface area contributed by atoms with E-state index in [9.17, 15) is 4.79 Å². The molecule has 4 heterocycles. The molecular formula is C27H25ClN6OS. The molecule has 1 fully saturated rings. The molecule has 0 unspecified atom stereocenters. The first-order chi connectivity index (χ1) is 17.5. The number of carbonyl (C=O) groups excluding carboxylic acids is 1. The molecule has 2 atom stereocenters. The minimum Gasteiger partial charge on any atom is -0.352 e. The van der Waals surface area contributed by atoms with Gasteiger partial charge in [0.05, 0.1) is 22.8 Å². The molecule has 1 aliphatic heterocycles. The van der Waals surface area contributed by atoms with Gasteiger partial charge >= 0.3 is 0 Å². The van der Waals surface area contributed by atoms with Gasteiger partial charge in [-0.2, -0.15) is 0 Å². The molecule has 36 heavy (non-hydrogen) atoms. The number of aryl methyl sites for hydroxylation is 1. The van der Waals surface area contributed by atoms with E-state index in [1.807, 2.05) is 84.4 Å². The van der Waals surface area contributed by atoms with Crippen molar-refractivity contribution in [2.75, 3.05) is 11.9 Å². The highest BCUT2D eigenvalue weighted by Gasteiger charge is 2.41. The Morgan fingerprint density at radius 1 is 1.08 bits per heavy atom. The number of para-hydroxylation sites is 1. The Morgan fingerprint density at radius 3 is 2.67 bits per heavy atom. The van der Waals surface area contributed by atoms with Crippen LogP contribution >= 0.6 is 23.8 Å². The SMILES string of the molecule is Cc1ccccc1NC(=O)CCN1C(=S)N[C@H](c2ccccn2)[C@H]1c1cccn1-c1ccc(Cl)cn1. The van der Waals surface area contributed by atoms with Crippen molar-refractivity contribution in [2.24, 2.45) is 0 Å². The lowest BCUT2D eigenvalue weighted by Gasteiger charge is -2.28. The molecule has 0 radical (unpaired) electrons. The third-order valence-electron chi connectivity index (χ3n) is 6.24. The summed E-state index contributed by atoms with van der Waals surface area (Å²) < 4.78 is 2.02. The summed E-state index contributed by atoms with van der Waals surface area (Å²) in [4.78, 5) is 24.0. The average molecular weight is 517 g/mol. The first-order valence-electron chi connectivity index (χ1n) is 11.6. The van der Waals surface area contributed by atoms with E-state index in [4.69, 9.17) is 23.8 Å². The standard InChI is InChI=1S/C27H25ClN6OS/c1-18-7-2-3-8-20(18)31-24(35)13-16-34-26(25(32-27(34)36)21-9-4-5-14-29-21)22-10-6-15-33(22)23-12-11-19(28)17-30-23/h2-12,14-15,17,25-26H,13,16H2,1H3,(H,31,35)(H,32,36)/t25-,26-/m1/s1. The number of benzene rings is 1. The van der Waals surface area contributed by atoms with Gasteiger partial charge in [0.1, 0.15) is 5.82 Å². The molecule has 0 spiro atoms. The molecule has 0 saturated carbocycles. The number of nitrogens with one attached hydrogen (secondary N) is 2. The molecular weight excluding hydrogens is 492 g/mol. The first-order valence-corrected chi connectivity index (χ1v) is 12.4. The number of rotatable bonds is 7. The highest BCUT2D eigenvalue weighted by atomic mass is 35.5. The lowest BCUT2D eigenvalue weighted by atomic mass is 10.0. The molecule has 0 aliphatic carbocycles. The predicted molar refractivity (Wildman–Crippen MR) is 145 cm³/mol. The fourth-order valence-electron chi connectivity index (χ4n) is 4.47. The van der Waals surface area contributed by atoms with Crippen LogP contribution < -0.4 is 10.6 Å². The van der Waals surface area contributed by atoms with Crippen LogP contribution in [-0.4, -0.2) is 37.0 Å². The van der Waals surface area contributed by atoms with Crippen molar-refractivity contribution >= 4 is 40.5 Å². The van der Waals surface area contributed by atoms with Crippen LogP contribution in [0.5, 0.6) is 0 Å². The van der Waals surface area contributed by atoms with Gasteiger partial charge in [0, 0.05) is 42.9 Å². The number of anilines is 1. The molecule has 2 N–H and O–H groups in total. The van der Waals surface area contributed by atoms with Crippen LogP contribution in [0.4, 0.5) is 5.69 Å². The quantitative estimate of drug-likeness (QED) is 0.328. The van der Waals surface area contributed by atoms with Crippen molar-refractivity contribution in [3.8, 4) is 5.82 Å². The van der Waals surface area contributed by atoms with Crippen molar-refractivity contribution in [1.29, 1.82) is 0 Å². The Bertz CT molecular complexity index is 1370. The largest absolute Gasteiger partial charge is 0.352 e. The second kappa shape index (κ2) is 10.5. The number of carbonyl (C=O) groups is 1. The van der Waals surface area contributed by atoms with Gasteiger partial charge in [-0.25, -0.2) is 4.98 Å². The number of thiocarbonyl (C=S) groups is 1. The zero-order chi connectivity index (χ0) is 25.1. The molecule has 5 rings (SSSR count). The first kappa shape index (κ1) is 24.0. The maximum Gasteiger partial charge on any atom is 0.226 e. The summed E-state index contributed by atoms with van der Waals surface area (Å²) in [5.41, 5.74) is 3.68. The molecule has 1 amide bonds. The zero-order valence-corrected chi connectivity index (χ0v) is 21.2. The smallest absolute Gasteiger partial charge is 0.226 e. The summed E-state index contributed by atoms with van der Waals surface area (Å²) in [7, 11) is 0. The highest BCUT2D eigenvalue weighted by Crippen LogP contribution is 2.39. The van der Waals surface area contributed by atoms with E-state index in [1.54, 1.807) is 12.4 Å². The van der Waals surface area contributed by atoms with E-state index in [0.717, 1.165) is 28.5 Å². The van der Waals surface area contributed by atoms with Gasteiger partial charge in [0.15, 0.2) is 5.11 Å². The van der Waals surface area contributed by atoms with Crippen molar-refractivity contribution in [3.63, 3.8) is 0 Å². The monoisotopic (exact) mass is 516 g/mol. The Balaban J connectivity index is 1.44. The van der Waals surface area contributed by atoms with Gasteiger partial charge in [0.2, 0.25) is 5.91 Å². The summed E-state index contributed by atoms with van der Waals surface area (Å²) in [6, 6.07) is 20.9. The van der Waals surface area contributed by atoms with Gasteiger partial charge in [-0.1, -0.05) is 35.9 Å². The summed E-state index contributed by atoms with van der Waals surface area (Å²) >= 11 is 11.8. The Kier molecular flexibility index (Phi) is 6.97. The van der Waals surface area contributed by atoms with Gasteiger partial charge < -0.3 is 20.1 Å². The van der Waals surface area contributed by atoms with Crippen LogP contribution in [0.15, 0.2) is 85.3 Å². The van der Waals surface area contributed by atoms with E-state index < -0.39 is 0 Å². The van der Waals surface area contributed by atoms with Gasteiger partial charge in [-0.05, 0) is 67.2 Å². The molecule has 0 bridgehead atoms. The lowest BCUT2D eigenvalue weighted by molar-refractivity contribution is -0.116. The molecule has 1 aromatic carbocycles. The number of nitrogens with zero attached hydrogens (tertiary/aromatic N) is 4. The van der Waals surface area contributed by atoms with Crippen molar-refractivity contribution < 1.29 is 4.79 Å². The van der Waals surface area contributed by atoms with Crippen molar-refractivity contribution in [2.45, 2.75) is 25.4 Å². The van der Waals surface area contributed by atoms with Crippen LogP contribution in [-0.2, 0) is 4.79 Å². The molecule has 1 saturated heterocycles. The van der Waals surface area contributed by atoms with Crippen LogP contribution in [0.3, 0.4) is 0 Å². The number of amides is 1. The molecule has 7 nitrogen and oxygen atoms in total. The maximum atomic E-state index is 12.9. The normalized spacial score (nSPS) is 17.2. The third-order valence-corrected chi connectivity index (χ3v) is 6.81. The third kappa shape index (κ3) is 4.96. The van der Waals surface area contributed by atoms with Crippen molar-refractivity contribution in [3.05, 3.63) is 107 Å². The van der Waals surface area contributed by atoms with Crippen LogP contribution in [0.2, 0.25) is 5.02 Å². The van der Waals surface area contributed by atoms with Gasteiger partial charge in [-0.3, -0.25) is 9.78 Å². The summed E-state index contributed by atoms with van der Waals surface area (Å²) in [6.07, 6.45) is 5.64. The maximum absolute atomic E-state index is 12.9. The molecule has 182 valence electrons. The minimum atomic E-state index is -0.203. The fraction of sp³-hybridized carbons (Fsp3) is 0.185. The topological polar surface area (TPSA) is 75.1 Å². The Morgan fingerprint density at radius 2 is 1.92 bits per heavy atom. The van der Waals surface area contributed by atoms with Gasteiger partial charge in [-0.15, -0.1) is 0 Å². The summed E-state index contributed by atoms with van der Waals surface area (Å²) in [6.45, 7) is 2.42. The zero-order valence-electron chi connectivity index (χ0n) is 19.6. The predicted octanol–water partition coefficient (Wildman–Crippen LogP) is 5.23. The minimum absolute atomic E-state index is 0.0677. The molecule has 4 aromatic rings. The van der Waals surface area contributed by atoms with Gasteiger partial charge in [0.25, 0.3) is 0 Å². The van der Waals surface area contributed by atoms with E-state index in [-0.39, 0.29) is 24.4 Å². The Hall–Kier alpha value is -3.75. The number of halogens is 1. The average Bonchev–Trinajstić information content (AvgIpc) is 3.49. The van der Waals surface area contributed by atoms with Crippen LogP contribution in [0.25, 0.3) is 5.82 Å². The number of hydrogen-bond donors (Lipinski definition) is 2. The van der Waals surface area contributed by atoms with E-state index in [1.165, 1.54) is 0 Å². The second-order valence-electron chi connectivity index (χ2n) is 8.57. The van der Waals surface area contributed by atoms with Crippen LogP contribution in [0.1, 0.15) is 35.5 Å². The fourth-order valence-corrected chi connectivity index (χ4v) is 4.91. The highest BCUT2D eigenvalue weighted by molar-refractivity contribution is 7.80. The number of pyridine rings is 2. The molecule has 1 aliphatic rings. The lowest BCUT2D eigenvalue weighted by Crippen LogP contribution is -2.33. The second-order valence-corrected chi connectivity index (χ2v) is 9.39. The summed E-state index contributed by atoms with van der Waals surface area (Å²) in [5, 5.41) is 7.60. The Labute approximate surface area is 220 Å². The molecule has 9 heteroatoms. The summed E-state index contributed by atoms with van der Waals surface area (Å²) in [5.74, 6) is 0.677.